The molecule has 1 saturated heterocycles. The molecule has 0 aliphatic carbocycles. The van der Waals surface area contributed by atoms with Gasteiger partial charge in [-0.3, -0.25) is 14.9 Å². The maximum absolute atomic E-state index is 13.2. The third-order valence-electron chi connectivity index (χ3n) is 5.90. The Labute approximate surface area is 207 Å². The number of methoxy groups -OCH3 is 1. The van der Waals surface area contributed by atoms with Crippen molar-refractivity contribution < 1.29 is 23.9 Å². The highest BCUT2D eigenvalue weighted by molar-refractivity contribution is 6.39. The summed E-state index contributed by atoms with van der Waals surface area (Å²) in [6, 6.07) is 22.8. The van der Waals surface area contributed by atoms with Crippen molar-refractivity contribution in [1.29, 1.82) is 0 Å². The molecule has 0 atom stereocenters. The Kier molecular flexibility index (Phi) is 6.23. The van der Waals surface area contributed by atoms with Crippen LogP contribution in [0.25, 0.3) is 17.0 Å². The summed E-state index contributed by atoms with van der Waals surface area (Å²) in [5.74, 6) is 0.0847. The molecule has 8 nitrogen and oxygen atoms in total. The molecule has 3 aromatic carbocycles. The first kappa shape index (κ1) is 22.9. The quantitative estimate of drug-likeness (QED) is 0.312. The summed E-state index contributed by atoms with van der Waals surface area (Å²) < 4.78 is 13.1. The van der Waals surface area contributed by atoms with Crippen LogP contribution in [0.5, 0.6) is 11.5 Å². The highest BCUT2D eigenvalue weighted by Crippen LogP contribution is 2.27. The Morgan fingerprint density at radius 1 is 0.861 bits per heavy atom. The van der Waals surface area contributed by atoms with Crippen molar-refractivity contribution in [2.75, 3.05) is 18.6 Å². The van der Waals surface area contributed by atoms with Crippen LogP contribution in [-0.2, 0) is 16.1 Å². The van der Waals surface area contributed by atoms with Gasteiger partial charge in [0.1, 0.15) is 23.7 Å². The molecule has 0 radical (unpaired) electrons. The fourth-order valence-electron chi connectivity index (χ4n) is 4.13. The summed E-state index contributed by atoms with van der Waals surface area (Å²) in [5.41, 5.74) is 1.89. The van der Waals surface area contributed by atoms with Crippen LogP contribution >= 0.6 is 0 Å². The van der Waals surface area contributed by atoms with Gasteiger partial charge in [0.05, 0.1) is 19.3 Å². The number of barbiturate groups is 1. The fraction of sp³-hybridized carbons (Fsp3) is 0.107. The van der Waals surface area contributed by atoms with Gasteiger partial charge in [-0.05, 0) is 48.5 Å². The van der Waals surface area contributed by atoms with Gasteiger partial charge >= 0.3 is 6.03 Å². The number of carbonyl (C=O) groups excluding carboxylic acids is 3. The van der Waals surface area contributed by atoms with E-state index in [1.165, 1.54) is 6.08 Å². The monoisotopic (exact) mass is 481 g/mol. The van der Waals surface area contributed by atoms with Crippen molar-refractivity contribution in [2.45, 2.75) is 6.54 Å². The van der Waals surface area contributed by atoms with E-state index < -0.39 is 17.8 Å². The van der Waals surface area contributed by atoms with Crippen LogP contribution in [0.15, 0.2) is 90.6 Å². The highest BCUT2D eigenvalue weighted by atomic mass is 16.5. The fourth-order valence-corrected chi connectivity index (χ4v) is 4.13. The SMILES string of the molecule is COc1ccc(OCCn2cc(C=C3C(=O)NC(=O)N(c4ccccc4)C3=O)c3ccccc32)cc1. The normalized spacial score (nSPS) is 14.9. The zero-order valence-electron chi connectivity index (χ0n) is 19.5. The third-order valence-corrected chi connectivity index (χ3v) is 5.90. The minimum absolute atomic E-state index is 0.115. The first-order valence-electron chi connectivity index (χ1n) is 11.4. The molecule has 1 fully saturated rings. The van der Waals surface area contributed by atoms with Gasteiger partial charge < -0.3 is 14.0 Å². The number of ether oxygens (including phenoxy) is 2. The standard InChI is InChI=1S/C28H23N3O5/c1-35-21-11-13-22(14-12-21)36-16-15-30-18-19(23-9-5-6-10-25(23)30)17-24-26(32)29-28(34)31(27(24)33)20-7-3-2-4-8-20/h2-14,17-18H,15-16H2,1H3,(H,29,32,34). The smallest absolute Gasteiger partial charge is 0.335 e. The topological polar surface area (TPSA) is 89.9 Å². The molecular formula is C28H23N3O5. The van der Waals surface area contributed by atoms with Crippen LogP contribution in [-0.4, -0.2) is 36.1 Å². The third kappa shape index (κ3) is 4.44. The average Bonchev–Trinajstić information content (AvgIpc) is 3.25. The highest BCUT2D eigenvalue weighted by Gasteiger charge is 2.36. The number of imide groups is 2. The molecule has 1 aromatic heterocycles. The van der Waals surface area contributed by atoms with Crippen molar-refractivity contribution in [3.8, 4) is 11.5 Å². The van der Waals surface area contributed by atoms with Crippen molar-refractivity contribution in [3.63, 3.8) is 0 Å². The lowest BCUT2D eigenvalue weighted by Crippen LogP contribution is -2.54. The minimum Gasteiger partial charge on any atom is -0.497 e. The maximum Gasteiger partial charge on any atom is 0.335 e. The molecule has 4 amide bonds. The Morgan fingerprint density at radius 3 is 2.31 bits per heavy atom. The predicted octanol–water partition coefficient (Wildman–Crippen LogP) is 4.40. The average molecular weight is 482 g/mol. The number of anilines is 1. The second-order valence-electron chi connectivity index (χ2n) is 8.11. The maximum atomic E-state index is 13.2. The second kappa shape index (κ2) is 9.79. The number of benzene rings is 3. The van der Waals surface area contributed by atoms with Gasteiger partial charge in [-0.1, -0.05) is 36.4 Å². The molecule has 1 aliphatic rings. The number of carbonyl (C=O) groups is 3. The molecule has 8 heteroatoms. The molecule has 0 unspecified atom stereocenters. The van der Waals surface area contributed by atoms with Crippen molar-refractivity contribution in [2.24, 2.45) is 0 Å². The van der Waals surface area contributed by atoms with Crippen LogP contribution < -0.4 is 19.7 Å². The number of aromatic nitrogens is 1. The van der Waals surface area contributed by atoms with Crippen LogP contribution in [0.2, 0.25) is 0 Å². The van der Waals surface area contributed by atoms with Crippen LogP contribution in [0.1, 0.15) is 5.56 Å². The Hall–Kier alpha value is -4.85. The van der Waals surface area contributed by atoms with Crippen LogP contribution in [0, 0.1) is 0 Å². The van der Waals surface area contributed by atoms with Crippen molar-refractivity contribution in [3.05, 3.63) is 96.2 Å². The first-order chi connectivity index (χ1) is 17.5. The largest absolute Gasteiger partial charge is 0.497 e. The lowest BCUT2D eigenvalue weighted by atomic mass is 10.1. The molecule has 1 aliphatic heterocycles. The van der Waals surface area contributed by atoms with Crippen LogP contribution in [0.4, 0.5) is 10.5 Å². The molecule has 2 heterocycles. The number of urea groups is 1. The van der Waals surface area contributed by atoms with Gasteiger partial charge in [0.15, 0.2) is 0 Å². The van der Waals surface area contributed by atoms with E-state index in [9.17, 15) is 14.4 Å². The van der Waals surface area contributed by atoms with Crippen molar-refractivity contribution in [1.82, 2.24) is 9.88 Å². The van der Waals surface area contributed by atoms with E-state index in [2.05, 4.69) is 5.32 Å². The Balaban J connectivity index is 1.42. The molecule has 1 N–H and O–H groups in total. The Morgan fingerprint density at radius 2 is 1.56 bits per heavy atom. The minimum atomic E-state index is -0.772. The number of nitrogens with zero attached hydrogens (tertiary/aromatic N) is 2. The van der Waals surface area contributed by atoms with E-state index in [4.69, 9.17) is 9.47 Å². The lowest BCUT2D eigenvalue weighted by molar-refractivity contribution is -0.122. The molecular weight excluding hydrogens is 458 g/mol. The van der Waals surface area contributed by atoms with Crippen LogP contribution in [0.3, 0.4) is 0 Å². The number of hydrogen-bond acceptors (Lipinski definition) is 5. The molecule has 4 aromatic rings. The zero-order valence-corrected chi connectivity index (χ0v) is 19.5. The lowest BCUT2D eigenvalue weighted by Gasteiger charge is -2.26. The summed E-state index contributed by atoms with van der Waals surface area (Å²) in [4.78, 5) is 39.2. The molecule has 0 saturated carbocycles. The predicted molar refractivity (Wildman–Crippen MR) is 136 cm³/mol. The summed E-state index contributed by atoms with van der Waals surface area (Å²) in [6.07, 6.45) is 3.40. The first-order valence-corrected chi connectivity index (χ1v) is 11.4. The molecule has 5 rings (SSSR count). The van der Waals surface area contributed by atoms with E-state index in [-0.39, 0.29) is 5.57 Å². The molecule has 36 heavy (non-hydrogen) atoms. The second-order valence-corrected chi connectivity index (χ2v) is 8.11. The van der Waals surface area contributed by atoms with E-state index in [1.807, 2.05) is 59.3 Å². The number of nitrogens with one attached hydrogen (secondary N) is 1. The number of hydrogen-bond donors (Lipinski definition) is 1. The van der Waals surface area contributed by atoms with Gasteiger partial charge in [-0.2, -0.15) is 0 Å². The number of amides is 4. The Bertz CT molecular complexity index is 1470. The van der Waals surface area contributed by atoms with E-state index in [0.717, 1.165) is 27.3 Å². The van der Waals surface area contributed by atoms with Gasteiger partial charge in [0.25, 0.3) is 11.8 Å². The number of para-hydroxylation sites is 2. The molecule has 0 spiro atoms. The molecule has 0 bridgehead atoms. The van der Waals surface area contributed by atoms with Crippen molar-refractivity contribution >= 4 is 40.5 Å². The van der Waals surface area contributed by atoms with Gasteiger partial charge in [-0.15, -0.1) is 0 Å². The van der Waals surface area contributed by atoms with Gasteiger partial charge in [-0.25, -0.2) is 9.69 Å². The number of rotatable bonds is 7. The van der Waals surface area contributed by atoms with E-state index >= 15 is 0 Å². The summed E-state index contributed by atoms with van der Waals surface area (Å²) >= 11 is 0. The summed E-state index contributed by atoms with van der Waals surface area (Å²) in [6.45, 7) is 0.960. The van der Waals surface area contributed by atoms with Gasteiger partial charge in [0.2, 0.25) is 0 Å². The molecule has 180 valence electrons. The summed E-state index contributed by atoms with van der Waals surface area (Å²) in [7, 11) is 1.61. The van der Waals surface area contributed by atoms with E-state index in [0.29, 0.717) is 24.4 Å². The number of fused-ring (bicyclic) bond motifs is 1. The van der Waals surface area contributed by atoms with E-state index in [1.54, 1.807) is 37.4 Å². The summed E-state index contributed by atoms with van der Waals surface area (Å²) in [5, 5.41) is 3.14. The van der Waals surface area contributed by atoms with Gasteiger partial charge in [0, 0.05) is 22.7 Å². The zero-order chi connectivity index (χ0) is 25.1.